The molecule has 1 N–H and O–H groups in total. The van der Waals surface area contributed by atoms with Crippen LogP contribution < -0.4 is 14.8 Å². The Labute approximate surface area is 231 Å². The van der Waals surface area contributed by atoms with Crippen LogP contribution in [0.15, 0.2) is 47.0 Å². The Hall–Kier alpha value is -3.39. The molecule has 0 saturated carbocycles. The van der Waals surface area contributed by atoms with Gasteiger partial charge in [-0.3, -0.25) is 9.69 Å². The molecule has 0 spiro atoms. The van der Waals surface area contributed by atoms with Gasteiger partial charge in [0.2, 0.25) is 17.6 Å². The van der Waals surface area contributed by atoms with Crippen LogP contribution in [0.4, 0.5) is 0 Å². The second-order valence-electron chi connectivity index (χ2n) is 12.4. The maximum atomic E-state index is 13.3. The van der Waals surface area contributed by atoms with Crippen molar-refractivity contribution >= 4 is 5.91 Å². The molecular weight excluding hydrogens is 492 g/mol. The predicted octanol–water partition coefficient (Wildman–Crippen LogP) is 5.67. The van der Waals surface area contributed by atoms with E-state index in [1.165, 1.54) is 5.56 Å². The van der Waals surface area contributed by atoms with E-state index < -0.39 is 0 Å². The number of nitrogens with zero attached hydrogens (tertiary/aromatic N) is 3. The van der Waals surface area contributed by atoms with Gasteiger partial charge in [0, 0.05) is 23.5 Å². The van der Waals surface area contributed by atoms with E-state index in [2.05, 4.69) is 67.1 Å². The first-order chi connectivity index (χ1) is 18.5. The molecule has 1 fully saturated rings. The molecule has 3 aromatic rings. The van der Waals surface area contributed by atoms with Gasteiger partial charge in [0.15, 0.2) is 0 Å². The van der Waals surface area contributed by atoms with Gasteiger partial charge in [0.25, 0.3) is 0 Å². The Kier molecular flexibility index (Phi) is 7.42. The Balaban J connectivity index is 1.16. The molecule has 1 aromatic heterocycles. The first-order valence-electron chi connectivity index (χ1n) is 13.8. The minimum atomic E-state index is -0.361. The van der Waals surface area contributed by atoms with E-state index in [9.17, 15) is 4.79 Å². The van der Waals surface area contributed by atoms with Gasteiger partial charge < -0.3 is 19.3 Å². The third-order valence-corrected chi connectivity index (χ3v) is 7.79. The fraction of sp³-hybridized carbons (Fsp3) is 0.516. The Bertz CT molecular complexity index is 1300. The highest BCUT2D eigenvalue weighted by Gasteiger charge is 2.36. The van der Waals surface area contributed by atoms with Gasteiger partial charge in [-0.2, -0.15) is 4.98 Å². The summed E-state index contributed by atoms with van der Waals surface area (Å²) >= 11 is 0. The molecule has 39 heavy (non-hydrogen) atoms. The monoisotopic (exact) mass is 532 g/mol. The van der Waals surface area contributed by atoms with Crippen molar-refractivity contribution in [1.82, 2.24) is 20.4 Å². The lowest BCUT2D eigenvalue weighted by atomic mass is 9.87. The SMILES string of the molecule is COc1ccc2c(c1)C(NC(=O)C1CCN(Cc3nc(-c4ccc(C(C)(C)C)cc4)no3)CC1)CC(C)(C)O2. The molecule has 5 rings (SSSR count). The zero-order chi connectivity index (χ0) is 27.8. The van der Waals surface area contributed by atoms with E-state index >= 15 is 0 Å². The van der Waals surface area contributed by atoms with E-state index in [1.54, 1.807) is 7.11 Å². The second-order valence-corrected chi connectivity index (χ2v) is 12.4. The van der Waals surface area contributed by atoms with Crippen molar-refractivity contribution < 1.29 is 18.8 Å². The minimum absolute atomic E-state index is 0.0270. The number of likely N-dealkylation sites (tertiary alicyclic amines) is 1. The fourth-order valence-corrected chi connectivity index (χ4v) is 5.48. The van der Waals surface area contributed by atoms with Crippen LogP contribution in [-0.2, 0) is 16.8 Å². The Morgan fingerprint density at radius 3 is 2.51 bits per heavy atom. The largest absolute Gasteiger partial charge is 0.497 e. The van der Waals surface area contributed by atoms with Crippen molar-refractivity contribution in [3.63, 3.8) is 0 Å². The molecule has 3 heterocycles. The first-order valence-corrected chi connectivity index (χ1v) is 13.8. The molecule has 0 bridgehead atoms. The lowest BCUT2D eigenvalue weighted by Crippen LogP contribution is -2.45. The molecule has 2 aromatic carbocycles. The van der Waals surface area contributed by atoms with Crippen LogP contribution in [0.25, 0.3) is 11.4 Å². The summed E-state index contributed by atoms with van der Waals surface area (Å²) in [6.07, 6.45) is 2.29. The van der Waals surface area contributed by atoms with Gasteiger partial charge in [-0.15, -0.1) is 0 Å². The number of carbonyl (C=O) groups excluding carboxylic acids is 1. The molecule has 1 atom stereocenters. The number of aromatic nitrogens is 2. The molecule has 8 nitrogen and oxygen atoms in total. The van der Waals surface area contributed by atoms with Gasteiger partial charge in [0.1, 0.15) is 17.1 Å². The van der Waals surface area contributed by atoms with E-state index in [-0.39, 0.29) is 28.9 Å². The van der Waals surface area contributed by atoms with Crippen LogP contribution in [0.1, 0.15) is 76.9 Å². The van der Waals surface area contributed by atoms with Crippen molar-refractivity contribution in [2.75, 3.05) is 20.2 Å². The Morgan fingerprint density at radius 2 is 1.85 bits per heavy atom. The van der Waals surface area contributed by atoms with E-state index in [1.807, 2.05) is 30.3 Å². The van der Waals surface area contributed by atoms with Crippen molar-refractivity contribution in [3.8, 4) is 22.9 Å². The number of hydrogen-bond acceptors (Lipinski definition) is 7. The molecular formula is C31H40N4O4. The number of piperidine rings is 1. The summed E-state index contributed by atoms with van der Waals surface area (Å²) in [5, 5.41) is 7.52. The third-order valence-electron chi connectivity index (χ3n) is 7.79. The Morgan fingerprint density at radius 1 is 1.13 bits per heavy atom. The number of amides is 1. The van der Waals surface area contributed by atoms with Gasteiger partial charge in [-0.1, -0.05) is 50.2 Å². The zero-order valence-electron chi connectivity index (χ0n) is 23.9. The highest BCUT2D eigenvalue weighted by Crippen LogP contribution is 2.41. The highest BCUT2D eigenvalue weighted by atomic mass is 16.5. The summed E-state index contributed by atoms with van der Waals surface area (Å²) in [4.78, 5) is 20.2. The second kappa shape index (κ2) is 10.6. The lowest BCUT2D eigenvalue weighted by molar-refractivity contribution is -0.127. The topological polar surface area (TPSA) is 89.7 Å². The summed E-state index contributed by atoms with van der Waals surface area (Å²) in [5.74, 6) is 2.84. The van der Waals surface area contributed by atoms with Crippen molar-refractivity contribution in [2.45, 2.75) is 77.5 Å². The number of ether oxygens (including phenoxy) is 2. The van der Waals surface area contributed by atoms with Crippen molar-refractivity contribution in [2.24, 2.45) is 5.92 Å². The molecule has 2 aliphatic heterocycles. The third kappa shape index (κ3) is 6.27. The quantitative estimate of drug-likeness (QED) is 0.437. The zero-order valence-corrected chi connectivity index (χ0v) is 23.9. The summed E-state index contributed by atoms with van der Waals surface area (Å²) in [6.45, 7) is 12.9. The normalized spacial score (nSPS) is 19.7. The summed E-state index contributed by atoms with van der Waals surface area (Å²) < 4.78 is 17.1. The predicted molar refractivity (Wildman–Crippen MR) is 150 cm³/mol. The number of methoxy groups -OCH3 is 1. The van der Waals surface area contributed by atoms with Gasteiger partial charge in [-0.25, -0.2) is 0 Å². The molecule has 1 unspecified atom stereocenters. The van der Waals surface area contributed by atoms with Gasteiger partial charge >= 0.3 is 0 Å². The molecule has 8 heteroatoms. The summed E-state index contributed by atoms with van der Waals surface area (Å²) in [5.41, 5.74) is 2.93. The number of benzene rings is 2. The van der Waals surface area contributed by atoms with Crippen molar-refractivity contribution in [3.05, 3.63) is 59.5 Å². The summed E-state index contributed by atoms with van der Waals surface area (Å²) in [6, 6.07) is 14.0. The van der Waals surface area contributed by atoms with E-state index in [4.69, 9.17) is 14.0 Å². The molecule has 1 saturated heterocycles. The number of fused-ring (bicyclic) bond motifs is 1. The van der Waals surface area contributed by atoms with Crippen LogP contribution >= 0.6 is 0 Å². The number of hydrogen-bond donors (Lipinski definition) is 1. The molecule has 1 amide bonds. The number of carbonyl (C=O) groups is 1. The highest BCUT2D eigenvalue weighted by molar-refractivity contribution is 5.79. The van der Waals surface area contributed by atoms with Crippen LogP contribution in [0.5, 0.6) is 11.5 Å². The standard InChI is InChI=1S/C31H40N4O4/c1-30(2,3)22-9-7-20(8-10-22)28-33-27(39-34-28)19-35-15-13-21(14-16-35)29(36)32-25-18-31(4,5)38-26-12-11-23(37-6)17-24(25)26/h7-12,17,21,25H,13-16,18-19H2,1-6H3,(H,32,36). The molecule has 0 radical (unpaired) electrons. The maximum Gasteiger partial charge on any atom is 0.241 e. The minimum Gasteiger partial charge on any atom is -0.497 e. The summed E-state index contributed by atoms with van der Waals surface area (Å²) in [7, 11) is 1.65. The maximum absolute atomic E-state index is 13.3. The average molecular weight is 533 g/mol. The van der Waals surface area contributed by atoms with Crippen LogP contribution in [-0.4, -0.2) is 46.7 Å². The van der Waals surface area contributed by atoms with E-state index in [0.29, 0.717) is 24.7 Å². The fourth-order valence-electron chi connectivity index (χ4n) is 5.48. The smallest absolute Gasteiger partial charge is 0.241 e. The van der Waals surface area contributed by atoms with E-state index in [0.717, 1.165) is 48.6 Å². The lowest BCUT2D eigenvalue weighted by Gasteiger charge is -2.39. The van der Waals surface area contributed by atoms with Crippen molar-refractivity contribution in [1.29, 1.82) is 0 Å². The number of rotatable bonds is 6. The average Bonchev–Trinajstić information content (AvgIpc) is 3.36. The van der Waals surface area contributed by atoms with Gasteiger partial charge in [-0.05, 0) is 69.0 Å². The van der Waals surface area contributed by atoms with Crippen LogP contribution in [0, 0.1) is 5.92 Å². The number of nitrogens with one attached hydrogen (secondary N) is 1. The van der Waals surface area contributed by atoms with Crippen LogP contribution in [0.2, 0.25) is 0 Å². The molecule has 0 aliphatic carbocycles. The molecule has 2 aliphatic rings. The van der Waals surface area contributed by atoms with Gasteiger partial charge in [0.05, 0.1) is 19.7 Å². The first kappa shape index (κ1) is 27.2. The van der Waals surface area contributed by atoms with Crippen LogP contribution in [0.3, 0.4) is 0 Å². The molecule has 208 valence electrons.